The van der Waals surface area contributed by atoms with Gasteiger partial charge in [-0.15, -0.1) is 0 Å². The van der Waals surface area contributed by atoms with Crippen molar-refractivity contribution in [2.45, 2.75) is 51.7 Å². The van der Waals surface area contributed by atoms with E-state index in [0.717, 1.165) is 45.6 Å². The van der Waals surface area contributed by atoms with Crippen LogP contribution < -0.4 is 5.32 Å². The topological polar surface area (TPSA) is 44.8 Å². The highest BCUT2D eigenvalue weighted by Crippen LogP contribution is 2.19. The van der Waals surface area contributed by atoms with Gasteiger partial charge < -0.3 is 15.0 Å². The Kier molecular flexibility index (Phi) is 5.27. The maximum atomic E-state index is 12.0. The molecule has 0 aromatic carbocycles. The molecule has 1 N–H and O–H groups in total. The molecule has 2 heterocycles. The summed E-state index contributed by atoms with van der Waals surface area (Å²) in [6.45, 7) is 11.9. The molecule has 0 aromatic heterocycles. The lowest BCUT2D eigenvalue weighted by atomic mass is 10.0. The predicted molar refractivity (Wildman–Crippen MR) is 79.9 cm³/mol. The van der Waals surface area contributed by atoms with Crippen LogP contribution in [0.25, 0.3) is 0 Å². The normalized spacial score (nSPS) is 23.4. The molecule has 2 saturated heterocycles. The van der Waals surface area contributed by atoms with E-state index in [0.29, 0.717) is 6.04 Å². The maximum absolute atomic E-state index is 12.0. The molecule has 0 spiro atoms. The van der Waals surface area contributed by atoms with Gasteiger partial charge in [-0.1, -0.05) is 0 Å². The first-order valence-corrected chi connectivity index (χ1v) is 7.88. The molecule has 20 heavy (non-hydrogen) atoms. The molecule has 0 aliphatic carbocycles. The number of likely N-dealkylation sites (tertiary alicyclic amines) is 1. The summed E-state index contributed by atoms with van der Waals surface area (Å²) in [6, 6.07) is 0.633. The van der Waals surface area contributed by atoms with Gasteiger partial charge in [-0.3, -0.25) is 4.90 Å². The van der Waals surface area contributed by atoms with Crippen molar-refractivity contribution < 1.29 is 9.53 Å². The van der Waals surface area contributed by atoms with Crippen LogP contribution in [0, 0.1) is 0 Å². The lowest BCUT2D eigenvalue weighted by Crippen LogP contribution is -2.48. The van der Waals surface area contributed by atoms with Crippen LogP contribution in [0.1, 0.15) is 40.0 Å². The molecular formula is C15H29N3O2. The Morgan fingerprint density at radius 1 is 1.10 bits per heavy atom. The number of nitrogens with zero attached hydrogens (tertiary/aromatic N) is 2. The van der Waals surface area contributed by atoms with Crippen LogP contribution in [-0.2, 0) is 4.74 Å². The van der Waals surface area contributed by atoms with E-state index in [2.05, 4.69) is 10.2 Å². The van der Waals surface area contributed by atoms with Crippen molar-refractivity contribution in [2.24, 2.45) is 0 Å². The second-order valence-electron chi connectivity index (χ2n) is 6.84. The number of hydrogen-bond acceptors (Lipinski definition) is 4. The fourth-order valence-corrected chi connectivity index (χ4v) is 2.97. The van der Waals surface area contributed by atoms with Crippen LogP contribution in [0.3, 0.4) is 0 Å². The molecule has 0 bridgehead atoms. The van der Waals surface area contributed by atoms with Crippen LogP contribution in [0.2, 0.25) is 0 Å². The van der Waals surface area contributed by atoms with Gasteiger partial charge in [0, 0.05) is 32.2 Å². The average molecular weight is 283 g/mol. The molecule has 0 saturated carbocycles. The van der Waals surface area contributed by atoms with E-state index >= 15 is 0 Å². The molecule has 5 heteroatoms. The van der Waals surface area contributed by atoms with Crippen LogP contribution in [0.5, 0.6) is 0 Å². The van der Waals surface area contributed by atoms with Crippen molar-refractivity contribution in [2.75, 3.05) is 39.3 Å². The summed E-state index contributed by atoms with van der Waals surface area (Å²) in [6.07, 6.45) is 3.21. The van der Waals surface area contributed by atoms with Crippen molar-refractivity contribution in [3.8, 4) is 0 Å². The summed E-state index contributed by atoms with van der Waals surface area (Å²) in [5.74, 6) is 0. The third-order valence-corrected chi connectivity index (χ3v) is 4.01. The Morgan fingerprint density at radius 3 is 2.45 bits per heavy atom. The minimum Gasteiger partial charge on any atom is -0.444 e. The Hall–Kier alpha value is -0.810. The van der Waals surface area contributed by atoms with Crippen molar-refractivity contribution in [3.63, 3.8) is 0 Å². The van der Waals surface area contributed by atoms with Crippen LogP contribution in [0.15, 0.2) is 0 Å². The number of piperidine rings is 1. The SMILES string of the molecule is CC(C)(C)OC(=O)N1CCC(N2CCCNCC2)CC1. The van der Waals surface area contributed by atoms with Crippen molar-refractivity contribution in [3.05, 3.63) is 0 Å². The number of carbonyl (C=O) groups is 1. The van der Waals surface area contributed by atoms with Crippen molar-refractivity contribution in [1.82, 2.24) is 15.1 Å². The minimum absolute atomic E-state index is 0.159. The van der Waals surface area contributed by atoms with E-state index in [-0.39, 0.29) is 6.09 Å². The van der Waals surface area contributed by atoms with Gasteiger partial charge >= 0.3 is 6.09 Å². The second-order valence-corrected chi connectivity index (χ2v) is 6.84. The Morgan fingerprint density at radius 2 is 1.80 bits per heavy atom. The average Bonchev–Trinajstić information content (AvgIpc) is 2.66. The molecule has 0 radical (unpaired) electrons. The van der Waals surface area contributed by atoms with Gasteiger partial charge in [-0.25, -0.2) is 4.79 Å². The van der Waals surface area contributed by atoms with Crippen molar-refractivity contribution >= 4 is 6.09 Å². The standard InChI is InChI=1S/C15H29N3O2/c1-15(2,3)20-14(19)18-10-5-13(6-11-18)17-9-4-7-16-8-12-17/h13,16H,4-12H2,1-3H3. The van der Waals surface area contributed by atoms with Gasteiger partial charge in [0.1, 0.15) is 5.60 Å². The third kappa shape index (κ3) is 4.63. The molecular weight excluding hydrogens is 254 g/mol. The largest absolute Gasteiger partial charge is 0.444 e. The first-order chi connectivity index (χ1) is 9.46. The van der Waals surface area contributed by atoms with Gasteiger partial charge in [0.05, 0.1) is 0 Å². The molecule has 2 aliphatic heterocycles. The van der Waals surface area contributed by atoms with E-state index in [1.807, 2.05) is 25.7 Å². The smallest absolute Gasteiger partial charge is 0.410 e. The van der Waals surface area contributed by atoms with Crippen LogP contribution in [-0.4, -0.2) is 66.8 Å². The highest BCUT2D eigenvalue weighted by molar-refractivity contribution is 5.68. The summed E-state index contributed by atoms with van der Waals surface area (Å²) in [5, 5.41) is 3.44. The van der Waals surface area contributed by atoms with E-state index in [9.17, 15) is 4.79 Å². The molecule has 0 atom stereocenters. The molecule has 2 aliphatic rings. The second kappa shape index (κ2) is 6.76. The summed E-state index contributed by atoms with van der Waals surface area (Å²) in [4.78, 5) is 16.5. The maximum Gasteiger partial charge on any atom is 0.410 e. The molecule has 0 aromatic rings. The predicted octanol–water partition coefficient (Wildman–Crippen LogP) is 1.68. The van der Waals surface area contributed by atoms with Crippen molar-refractivity contribution in [1.29, 1.82) is 0 Å². The number of carbonyl (C=O) groups excluding carboxylic acids is 1. The van der Waals surface area contributed by atoms with Crippen LogP contribution >= 0.6 is 0 Å². The summed E-state index contributed by atoms with van der Waals surface area (Å²) >= 11 is 0. The zero-order chi connectivity index (χ0) is 14.6. The van der Waals surface area contributed by atoms with E-state index < -0.39 is 5.60 Å². The van der Waals surface area contributed by atoms with Crippen LogP contribution in [0.4, 0.5) is 4.79 Å². The fourth-order valence-electron chi connectivity index (χ4n) is 2.97. The highest BCUT2D eigenvalue weighted by atomic mass is 16.6. The number of amides is 1. The summed E-state index contributed by atoms with van der Waals surface area (Å²) < 4.78 is 5.44. The lowest BCUT2D eigenvalue weighted by molar-refractivity contribution is 0.0147. The monoisotopic (exact) mass is 283 g/mol. The Labute approximate surface area is 122 Å². The minimum atomic E-state index is -0.398. The first kappa shape index (κ1) is 15.6. The fraction of sp³-hybridized carbons (Fsp3) is 0.933. The van der Waals surface area contributed by atoms with E-state index in [1.165, 1.54) is 13.0 Å². The number of rotatable bonds is 1. The van der Waals surface area contributed by atoms with Gasteiger partial charge in [0.15, 0.2) is 0 Å². The number of nitrogens with one attached hydrogen (secondary N) is 1. The Balaban J connectivity index is 1.78. The molecule has 1 amide bonds. The molecule has 116 valence electrons. The van der Waals surface area contributed by atoms with E-state index in [1.54, 1.807) is 0 Å². The zero-order valence-corrected chi connectivity index (χ0v) is 13.2. The number of ether oxygens (including phenoxy) is 1. The highest BCUT2D eigenvalue weighted by Gasteiger charge is 2.29. The van der Waals surface area contributed by atoms with Gasteiger partial charge in [0.2, 0.25) is 0 Å². The third-order valence-electron chi connectivity index (χ3n) is 4.01. The molecule has 2 rings (SSSR count). The van der Waals surface area contributed by atoms with Gasteiger partial charge in [0.25, 0.3) is 0 Å². The number of hydrogen-bond donors (Lipinski definition) is 1. The molecule has 2 fully saturated rings. The summed E-state index contributed by atoms with van der Waals surface area (Å²) in [7, 11) is 0. The quantitative estimate of drug-likeness (QED) is 0.795. The van der Waals surface area contributed by atoms with Gasteiger partial charge in [-0.05, 0) is 53.1 Å². The first-order valence-electron chi connectivity index (χ1n) is 7.88. The lowest BCUT2D eigenvalue weighted by Gasteiger charge is -2.38. The zero-order valence-electron chi connectivity index (χ0n) is 13.2. The van der Waals surface area contributed by atoms with Gasteiger partial charge in [-0.2, -0.15) is 0 Å². The summed E-state index contributed by atoms with van der Waals surface area (Å²) in [5.41, 5.74) is -0.398. The Bertz CT molecular complexity index is 312. The molecule has 5 nitrogen and oxygen atoms in total. The molecule has 0 unspecified atom stereocenters. The van der Waals surface area contributed by atoms with E-state index in [4.69, 9.17) is 4.74 Å².